The highest BCUT2D eigenvalue weighted by Crippen LogP contribution is 2.12. The van der Waals surface area contributed by atoms with E-state index in [2.05, 4.69) is 10.0 Å². The summed E-state index contributed by atoms with van der Waals surface area (Å²) in [5, 5.41) is 3.78. The fourth-order valence-corrected chi connectivity index (χ4v) is 1.89. The first kappa shape index (κ1) is 14.3. The molecule has 1 aromatic rings. The number of hydrogen-bond acceptors (Lipinski definition) is 2. The van der Waals surface area contributed by atoms with Crippen molar-refractivity contribution in [3.8, 4) is 0 Å². The zero-order chi connectivity index (χ0) is 13.2. The molecule has 0 spiro atoms. The molecular formula is C14H19N3O. The zero-order valence-electron chi connectivity index (χ0n) is 10.7. The van der Waals surface area contributed by atoms with Crippen LogP contribution in [0.25, 0.3) is 10.4 Å². The summed E-state index contributed by atoms with van der Waals surface area (Å²) in [6, 6.07) is 9.77. The molecule has 0 fully saturated rings. The minimum absolute atomic E-state index is 0.127. The number of carbonyl (C=O) groups is 1. The molecule has 1 unspecified atom stereocenters. The quantitative estimate of drug-likeness (QED) is 0.387. The summed E-state index contributed by atoms with van der Waals surface area (Å²) in [4.78, 5) is 14.3. The van der Waals surface area contributed by atoms with Crippen LogP contribution in [0, 0.1) is 0 Å². The molecule has 0 bridgehead atoms. The molecule has 1 aromatic carbocycles. The van der Waals surface area contributed by atoms with Crippen LogP contribution in [0.1, 0.15) is 38.2 Å². The van der Waals surface area contributed by atoms with Crippen LogP contribution in [0.5, 0.6) is 0 Å². The van der Waals surface area contributed by atoms with Gasteiger partial charge in [-0.05, 0) is 30.4 Å². The molecule has 4 heteroatoms. The first-order valence-electron chi connectivity index (χ1n) is 6.36. The van der Waals surface area contributed by atoms with Crippen molar-refractivity contribution >= 4 is 5.78 Å². The van der Waals surface area contributed by atoms with Gasteiger partial charge in [-0.2, -0.15) is 0 Å². The zero-order valence-corrected chi connectivity index (χ0v) is 10.7. The first-order chi connectivity index (χ1) is 8.76. The topological polar surface area (TPSA) is 65.8 Å². The predicted octanol–water partition coefficient (Wildman–Crippen LogP) is 4.06. The van der Waals surface area contributed by atoms with E-state index in [1.807, 2.05) is 37.3 Å². The van der Waals surface area contributed by atoms with Gasteiger partial charge in [-0.25, -0.2) is 0 Å². The summed E-state index contributed by atoms with van der Waals surface area (Å²) in [6.07, 6.45) is 3.34. The molecule has 0 aromatic heterocycles. The summed E-state index contributed by atoms with van der Waals surface area (Å²) in [5.74, 6) is 0.253. The Labute approximate surface area is 108 Å². The van der Waals surface area contributed by atoms with Crippen LogP contribution in [0.2, 0.25) is 0 Å². The van der Waals surface area contributed by atoms with Crippen molar-refractivity contribution < 1.29 is 4.79 Å². The van der Waals surface area contributed by atoms with Crippen molar-refractivity contribution in [1.29, 1.82) is 0 Å². The minimum atomic E-state index is -0.127. The number of carbonyl (C=O) groups excluding carboxylic acids is 1. The monoisotopic (exact) mass is 245 g/mol. The molecule has 0 amide bonds. The predicted molar refractivity (Wildman–Crippen MR) is 72.2 cm³/mol. The van der Waals surface area contributed by atoms with E-state index in [0.29, 0.717) is 25.7 Å². The molecule has 0 aliphatic heterocycles. The van der Waals surface area contributed by atoms with E-state index in [-0.39, 0.29) is 11.8 Å². The molecule has 96 valence electrons. The Balaban J connectivity index is 2.50. The largest absolute Gasteiger partial charge is 0.300 e. The lowest BCUT2D eigenvalue weighted by Gasteiger charge is -2.10. The summed E-state index contributed by atoms with van der Waals surface area (Å²) >= 11 is 0. The van der Waals surface area contributed by atoms with Gasteiger partial charge in [-0.1, -0.05) is 42.4 Å². The average molecular weight is 245 g/mol. The van der Waals surface area contributed by atoms with Gasteiger partial charge in [0, 0.05) is 23.8 Å². The van der Waals surface area contributed by atoms with Crippen molar-refractivity contribution in [3.63, 3.8) is 0 Å². The van der Waals surface area contributed by atoms with Gasteiger partial charge in [0.25, 0.3) is 0 Å². The Bertz CT molecular complexity index is 410. The lowest BCUT2D eigenvalue weighted by Crippen LogP contribution is -2.10. The number of azide groups is 1. The molecule has 0 heterocycles. The molecule has 0 aliphatic carbocycles. The molecule has 1 atom stereocenters. The Hall–Kier alpha value is -1.80. The van der Waals surface area contributed by atoms with Crippen LogP contribution in [-0.2, 0) is 11.2 Å². The third kappa shape index (κ3) is 5.51. The van der Waals surface area contributed by atoms with Crippen LogP contribution in [-0.4, -0.2) is 11.8 Å². The van der Waals surface area contributed by atoms with Gasteiger partial charge < -0.3 is 0 Å². The van der Waals surface area contributed by atoms with Gasteiger partial charge in [0.2, 0.25) is 0 Å². The molecule has 1 rings (SSSR count). The Morgan fingerprint density at radius 1 is 1.33 bits per heavy atom. The molecular weight excluding hydrogens is 226 g/mol. The number of nitrogens with zero attached hydrogens (tertiary/aromatic N) is 3. The second-order valence-electron chi connectivity index (χ2n) is 4.38. The number of ketones is 1. The summed E-state index contributed by atoms with van der Waals surface area (Å²) in [5.41, 5.74) is 9.69. The number of Topliss-reactive ketones (excluding diaryl/α,β-unsaturated/α-hetero) is 1. The second-order valence-corrected chi connectivity index (χ2v) is 4.38. The third-order valence-corrected chi connectivity index (χ3v) is 2.81. The minimum Gasteiger partial charge on any atom is -0.300 e. The normalized spacial score (nSPS) is 11.6. The van der Waals surface area contributed by atoms with Gasteiger partial charge in [0.05, 0.1) is 0 Å². The maximum Gasteiger partial charge on any atom is 0.132 e. The van der Waals surface area contributed by atoms with Crippen molar-refractivity contribution in [1.82, 2.24) is 0 Å². The third-order valence-electron chi connectivity index (χ3n) is 2.81. The summed E-state index contributed by atoms with van der Waals surface area (Å²) < 4.78 is 0. The molecule has 0 saturated heterocycles. The molecule has 0 N–H and O–H groups in total. The highest BCUT2D eigenvalue weighted by molar-refractivity contribution is 5.78. The fraction of sp³-hybridized carbons (Fsp3) is 0.500. The lowest BCUT2D eigenvalue weighted by atomic mass is 10.0. The van der Waals surface area contributed by atoms with Crippen molar-refractivity contribution in [2.45, 2.75) is 45.1 Å². The highest BCUT2D eigenvalue weighted by atomic mass is 16.1. The number of rotatable bonds is 8. The second kappa shape index (κ2) is 8.31. The van der Waals surface area contributed by atoms with Crippen LogP contribution in [0.15, 0.2) is 35.4 Å². The summed E-state index contributed by atoms with van der Waals surface area (Å²) in [7, 11) is 0. The van der Waals surface area contributed by atoms with Crippen LogP contribution in [0.4, 0.5) is 0 Å². The van der Waals surface area contributed by atoms with Crippen molar-refractivity contribution in [3.05, 3.63) is 46.3 Å². The van der Waals surface area contributed by atoms with Crippen LogP contribution < -0.4 is 0 Å². The maximum absolute atomic E-state index is 11.5. The van der Waals surface area contributed by atoms with Gasteiger partial charge >= 0.3 is 0 Å². The van der Waals surface area contributed by atoms with Gasteiger partial charge in [-0.15, -0.1) is 0 Å². The van der Waals surface area contributed by atoms with E-state index in [9.17, 15) is 4.79 Å². The van der Waals surface area contributed by atoms with E-state index < -0.39 is 0 Å². The van der Waals surface area contributed by atoms with E-state index in [0.717, 1.165) is 12.0 Å². The molecule has 0 radical (unpaired) electrons. The Morgan fingerprint density at radius 3 is 2.67 bits per heavy atom. The van der Waals surface area contributed by atoms with Crippen LogP contribution in [0.3, 0.4) is 0 Å². The Morgan fingerprint density at radius 2 is 2.06 bits per heavy atom. The molecule has 0 aliphatic rings. The SMILES string of the molecule is CCCC(=O)CCC(Cc1ccccc1)N=[N+]=[N-]. The van der Waals surface area contributed by atoms with Crippen LogP contribution >= 0.6 is 0 Å². The van der Waals surface area contributed by atoms with Gasteiger partial charge in [0.1, 0.15) is 5.78 Å². The van der Waals surface area contributed by atoms with E-state index in [1.165, 1.54) is 0 Å². The van der Waals surface area contributed by atoms with E-state index in [1.54, 1.807) is 0 Å². The van der Waals surface area contributed by atoms with E-state index in [4.69, 9.17) is 5.53 Å². The molecule has 4 nitrogen and oxygen atoms in total. The average Bonchev–Trinajstić information content (AvgIpc) is 2.38. The molecule has 0 saturated carbocycles. The first-order valence-corrected chi connectivity index (χ1v) is 6.36. The van der Waals surface area contributed by atoms with Crippen molar-refractivity contribution in [2.75, 3.05) is 0 Å². The van der Waals surface area contributed by atoms with Gasteiger partial charge in [-0.3, -0.25) is 4.79 Å². The summed E-state index contributed by atoms with van der Waals surface area (Å²) in [6.45, 7) is 1.99. The number of benzene rings is 1. The van der Waals surface area contributed by atoms with E-state index >= 15 is 0 Å². The maximum atomic E-state index is 11.5. The Kier molecular flexibility index (Phi) is 6.59. The molecule has 18 heavy (non-hydrogen) atoms. The standard InChI is InChI=1S/C14H19N3O/c1-2-6-14(18)10-9-13(16-17-15)11-12-7-4-3-5-8-12/h3-5,7-8,13H,2,6,9-11H2,1H3. The smallest absolute Gasteiger partial charge is 0.132 e. The lowest BCUT2D eigenvalue weighted by molar-refractivity contribution is -0.119. The fourth-order valence-electron chi connectivity index (χ4n) is 1.89. The number of hydrogen-bond donors (Lipinski definition) is 0. The van der Waals surface area contributed by atoms with Gasteiger partial charge in [0.15, 0.2) is 0 Å². The van der Waals surface area contributed by atoms with Crippen molar-refractivity contribution in [2.24, 2.45) is 5.11 Å². The highest BCUT2D eigenvalue weighted by Gasteiger charge is 2.10.